The summed E-state index contributed by atoms with van der Waals surface area (Å²) in [5, 5.41) is 11.4. The van der Waals surface area contributed by atoms with Crippen molar-refractivity contribution in [2.45, 2.75) is 46.7 Å². The molecule has 0 bridgehead atoms. The Kier molecular flexibility index (Phi) is 7.73. The minimum atomic E-state index is -0.893. The van der Waals surface area contributed by atoms with Crippen LogP contribution in [0.1, 0.15) is 43.0 Å². The van der Waals surface area contributed by atoms with Crippen LogP contribution in [0.15, 0.2) is 67.0 Å². The Bertz CT molecular complexity index is 1350. The van der Waals surface area contributed by atoms with Crippen molar-refractivity contribution >= 4 is 28.5 Å². The third-order valence-electron chi connectivity index (χ3n) is 6.27. The van der Waals surface area contributed by atoms with E-state index in [0.717, 1.165) is 23.1 Å². The molecule has 0 fully saturated rings. The molecule has 8 nitrogen and oxygen atoms in total. The summed E-state index contributed by atoms with van der Waals surface area (Å²) < 4.78 is 1.57. The number of aryl methyl sites for hydroxylation is 2. The normalized spacial score (nSPS) is 12.0. The first-order valence-electron chi connectivity index (χ1n) is 12.2. The van der Waals surface area contributed by atoms with E-state index in [0.29, 0.717) is 29.2 Å². The zero-order chi connectivity index (χ0) is 25.7. The topological polar surface area (TPSA) is 93.0 Å². The Morgan fingerprint density at radius 3 is 2.56 bits per heavy atom. The SMILES string of the molecule is Cc1ccc(N(C(=O)Cn2nnc3ccccc32)[C@@H](C(=O)NCCC(C)C)c2cccnc2)cc1C. The molecular weight excluding hydrogens is 452 g/mol. The zero-order valence-electron chi connectivity index (χ0n) is 21.2. The van der Waals surface area contributed by atoms with Crippen LogP contribution >= 0.6 is 0 Å². The second-order valence-electron chi connectivity index (χ2n) is 9.43. The number of hydrogen-bond donors (Lipinski definition) is 1. The number of pyridine rings is 1. The van der Waals surface area contributed by atoms with Crippen molar-refractivity contribution in [3.05, 3.63) is 83.7 Å². The summed E-state index contributed by atoms with van der Waals surface area (Å²) in [5.74, 6) is -0.0827. The summed E-state index contributed by atoms with van der Waals surface area (Å²) >= 11 is 0. The van der Waals surface area contributed by atoms with Crippen molar-refractivity contribution in [1.82, 2.24) is 25.3 Å². The van der Waals surface area contributed by atoms with E-state index >= 15 is 0 Å². The molecular formula is C28H32N6O2. The number of aromatic nitrogens is 4. The lowest BCUT2D eigenvalue weighted by Gasteiger charge is -2.32. The number of rotatable bonds is 9. The number of nitrogens with zero attached hydrogens (tertiary/aromatic N) is 5. The fourth-order valence-electron chi connectivity index (χ4n) is 4.09. The molecule has 2 heterocycles. The summed E-state index contributed by atoms with van der Waals surface area (Å²) in [7, 11) is 0. The number of para-hydroxylation sites is 1. The van der Waals surface area contributed by atoms with Gasteiger partial charge >= 0.3 is 0 Å². The van der Waals surface area contributed by atoms with Crippen LogP contribution in [-0.4, -0.2) is 38.3 Å². The molecule has 4 rings (SSSR count). The van der Waals surface area contributed by atoms with Crippen LogP contribution in [0.4, 0.5) is 5.69 Å². The van der Waals surface area contributed by atoms with Gasteiger partial charge in [0.25, 0.3) is 0 Å². The molecule has 0 aliphatic carbocycles. The highest BCUT2D eigenvalue weighted by molar-refractivity contribution is 6.01. The van der Waals surface area contributed by atoms with Gasteiger partial charge in [0.05, 0.1) is 5.52 Å². The van der Waals surface area contributed by atoms with Crippen LogP contribution < -0.4 is 10.2 Å². The molecule has 0 spiro atoms. The summed E-state index contributed by atoms with van der Waals surface area (Å²) in [4.78, 5) is 33.4. The number of hydrogen-bond acceptors (Lipinski definition) is 5. The maximum atomic E-state index is 14.0. The molecule has 2 aromatic heterocycles. The van der Waals surface area contributed by atoms with Crippen LogP contribution in [0.25, 0.3) is 11.0 Å². The van der Waals surface area contributed by atoms with Gasteiger partial charge in [0.2, 0.25) is 11.8 Å². The molecule has 2 aromatic carbocycles. The van der Waals surface area contributed by atoms with Crippen molar-refractivity contribution in [3.63, 3.8) is 0 Å². The molecule has 0 aliphatic rings. The summed E-state index contributed by atoms with van der Waals surface area (Å²) in [6, 6.07) is 16.0. The van der Waals surface area contributed by atoms with Crippen LogP contribution in [0, 0.1) is 19.8 Å². The molecule has 1 atom stereocenters. The van der Waals surface area contributed by atoms with Crippen LogP contribution in [0.5, 0.6) is 0 Å². The Morgan fingerprint density at radius 1 is 1.03 bits per heavy atom. The first-order chi connectivity index (χ1) is 17.3. The highest BCUT2D eigenvalue weighted by atomic mass is 16.2. The first-order valence-corrected chi connectivity index (χ1v) is 12.2. The van der Waals surface area contributed by atoms with E-state index in [1.807, 2.05) is 62.4 Å². The number of nitrogens with one attached hydrogen (secondary N) is 1. The van der Waals surface area contributed by atoms with Gasteiger partial charge in [0.1, 0.15) is 18.1 Å². The molecule has 1 N–H and O–H groups in total. The monoisotopic (exact) mass is 484 g/mol. The van der Waals surface area contributed by atoms with Gasteiger partial charge in [-0.2, -0.15) is 0 Å². The van der Waals surface area contributed by atoms with E-state index in [4.69, 9.17) is 0 Å². The highest BCUT2D eigenvalue weighted by Gasteiger charge is 2.33. The summed E-state index contributed by atoms with van der Waals surface area (Å²) in [5.41, 5.74) is 4.87. The Morgan fingerprint density at radius 2 is 1.83 bits per heavy atom. The second-order valence-corrected chi connectivity index (χ2v) is 9.43. The average molecular weight is 485 g/mol. The van der Waals surface area contributed by atoms with Crippen LogP contribution in [-0.2, 0) is 16.1 Å². The van der Waals surface area contributed by atoms with Gasteiger partial charge < -0.3 is 5.32 Å². The molecule has 0 saturated carbocycles. The molecule has 0 aliphatic heterocycles. The van der Waals surface area contributed by atoms with Crippen LogP contribution in [0.3, 0.4) is 0 Å². The van der Waals surface area contributed by atoms with Crippen molar-refractivity contribution in [2.24, 2.45) is 5.92 Å². The smallest absolute Gasteiger partial charge is 0.249 e. The van der Waals surface area contributed by atoms with Crippen molar-refractivity contribution < 1.29 is 9.59 Å². The molecule has 186 valence electrons. The molecule has 0 radical (unpaired) electrons. The minimum Gasteiger partial charge on any atom is -0.354 e. The fraction of sp³-hybridized carbons (Fsp3) is 0.321. The number of amides is 2. The van der Waals surface area contributed by atoms with E-state index < -0.39 is 6.04 Å². The Labute approximate surface area is 211 Å². The number of carbonyl (C=O) groups is 2. The van der Waals surface area contributed by atoms with E-state index in [1.165, 1.54) is 0 Å². The lowest BCUT2D eigenvalue weighted by atomic mass is 10.0. The molecule has 0 saturated heterocycles. The first kappa shape index (κ1) is 25.0. The van der Waals surface area contributed by atoms with Crippen molar-refractivity contribution in [1.29, 1.82) is 0 Å². The van der Waals surface area contributed by atoms with Gasteiger partial charge in [-0.05, 0) is 67.6 Å². The second kappa shape index (κ2) is 11.1. The molecule has 2 amide bonds. The molecule has 36 heavy (non-hydrogen) atoms. The predicted octanol–water partition coefficient (Wildman–Crippen LogP) is 4.38. The lowest BCUT2D eigenvalue weighted by Crippen LogP contribution is -2.45. The minimum absolute atomic E-state index is 0.0660. The fourth-order valence-corrected chi connectivity index (χ4v) is 4.09. The van der Waals surface area contributed by atoms with Crippen molar-refractivity contribution in [3.8, 4) is 0 Å². The number of benzene rings is 2. The maximum absolute atomic E-state index is 14.0. The van der Waals surface area contributed by atoms with Crippen molar-refractivity contribution in [2.75, 3.05) is 11.4 Å². The molecule has 4 aromatic rings. The lowest BCUT2D eigenvalue weighted by molar-refractivity contribution is -0.127. The largest absolute Gasteiger partial charge is 0.354 e. The number of fused-ring (bicyclic) bond motifs is 1. The van der Waals surface area contributed by atoms with E-state index in [9.17, 15) is 9.59 Å². The summed E-state index contributed by atoms with van der Waals surface area (Å²) in [6.45, 7) is 8.69. The standard InChI is InChI=1S/C28H32N6O2/c1-19(2)13-15-30-28(36)27(22-8-7-14-29-17-22)34(23-12-11-20(3)21(4)16-23)26(35)18-33-25-10-6-5-9-24(25)31-32-33/h5-12,14,16-17,19,27H,13,15,18H2,1-4H3,(H,30,36)/t27-/m1/s1. The maximum Gasteiger partial charge on any atom is 0.249 e. The third kappa shape index (κ3) is 5.59. The van der Waals surface area contributed by atoms with Gasteiger partial charge in [0.15, 0.2) is 0 Å². The molecule has 0 unspecified atom stereocenters. The third-order valence-corrected chi connectivity index (χ3v) is 6.27. The van der Waals surface area contributed by atoms with E-state index in [2.05, 4.69) is 34.5 Å². The Balaban J connectivity index is 1.77. The van der Waals surface area contributed by atoms with E-state index in [-0.39, 0.29) is 18.4 Å². The quantitative estimate of drug-likeness (QED) is 0.381. The van der Waals surface area contributed by atoms with Gasteiger partial charge in [-0.1, -0.05) is 43.3 Å². The number of carbonyl (C=O) groups excluding carboxylic acids is 2. The predicted molar refractivity (Wildman–Crippen MR) is 140 cm³/mol. The zero-order valence-corrected chi connectivity index (χ0v) is 21.2. The van der Waals surface area contributed by atoms with E-state index in [1.54, 1.807) is 28.0 Å². The van der Waals surface area contributed by atoms with Gasteiger partial charge in [-0.3, -0.25) is 19.5 Å². The highest BCUT2D eigenvalue weighted by Crippen LogP contribution is 2.30. The summed E-state index contributed by atoms with van der Waals surface area (Å²) in [6.07, 6.45) is 4.13. The van der Waals surface area contributed by atoms with Gasteiger partial charge in [0, 0.05) is 30.2 Å². The Hall–Kier alpha value is -4.07. The van der Waals surface area contributed by atoms with Gasteiger partial charge in [-0.15, -0.1) is 5.10 Å². The molecule has 8 heteroatoms. The average Bonchev–Trinajstić information content (AvgIpc) is 3.27. The van der Waals surface area contributed by atoms with Gasteiger partial charge in [-0.25, -0.2) is 4.68 Å². The number of anilines is 1. The van der Waals surface area contributed by atoms with Crippen LogP contribution in [0.2, 0.25) is 0 Å².